The van der Waals surface area contributed by atoms with Gasteiger partial charge in [0.2, 0.25) is 0 Å². The summed E-state index contributed by atoms with van der Waals surface area (Å²) < 4.78 is 0. The zero-order valence-electron chi connectivity index (χ0n) is 11.7. The van der Waals surface area contributed by atoms with E-state index in [1.54, 1.807) is 6.07 Å². The SMILES string of the molecule is CCCc1ccc(NC(=O)c2cccc([N+](=O)[O-])c2)cc1. The average molecular weight is 284 g/mol. The first-order chi connectivity index (χ1) is 10.1. The van der Waals surface area contributed by atoms with Gasteiger partial charge in [0.15, 0.2) is 0 Å². The molecule has 0 saturated heterocycles. The van der Waals surface area contributed by atoms with Crippen molar-refractivity contribution in [1.82, 2.24) is 0 Å². The number of non-ortho nitro benzene ring substituents is 1. The Hall–Kier alpha value is -2.69. The molecule has 0 fully saturated rings. The van der Waals surface area contributed by atoms with Crippen molar-refractivity contribution < 1.29 is 9.72 Å². The summed E-state index contributed by atoms with van der Waals surface area (Å²) in [6.07, 6.45) is 2.07. The monoisotopic (exact) mass is 284 g/mol. The Morgan fingerprint density at radius 2 is 1.90 bits per heavy atom. The minimum atomic E-state index is -0.518. The van der Waals surface area contributed by atoms with Gasteiger partial charge in [-0.25, -0.2) is 0 Å². The van der Waals surface area contributed by atoms with Gasteiger partial charge in [-0.05, 0) is 30.2 Å². The van der Waals surface area contributed by atoms with Crippen LogP contribution < -0.4 is 5.32 Å². The predicted molar refractivity (Wildman–Crippen MR) is 81.5 cm³/mol. The van der Waals surface area contributed by atoms with E-state index in [0.29, 0.717) is 5.69 Å². The Kier molecular flexibility index (Phi) is 4.66. The molecule has 108 valence electrons. The lowest BCUT2D eigenvalue weighted by atomic mass is 10.1. The van der Waals surface area contributed by atoms with Crippen molar-refractivity contribution in [2.75, 3.05) is 5.32 Å². The molecule has 2 aromatic rings. The maximum absolute atomic E-state index is 12.1. The van der Waals surface area contributed by atoms with E-state index in [0.717, 1.165) is 12.8 Å². The Bertz CT molecular complexity index is 651. The van der Waals surface area contributed by atoms with Crippen LogP contribution in [0.2, 0.25) is 0 Å². The van der Waals surface area contributed by atoms with Gasteiger partial charge >= 0.3 is 0 Å². The van der Waals surface area contributed by atoms with Crippen LogP contribution in [0, 0.1) is 10.1 Å². The van der Waals surface area contributed by atoms with Gasteiger partial charge in [0.25, 0.3) is 11.6 Å². The lowest BCUT2D eigenvalue weighted by molar-refractivity contribution is -0.384. The first-order valence-corrected chi connectivity index (χ1v) is 6.75. The highest BCUT2D eigenvalue weighted by Gasteiger charge is 2.11. The molecule has 0 aliphatic heterocycles. The van der Waals surface area contributed by atoms with E-state index in [1.807, 2.05) is 24.3 Å². The number of anilines is 1. The summed E-state index contributed by atoms with van der Waals surface area (Å²) in [7, 11) is 0. The third-order valence-corrected chi connectivity index (χ3v) is 3.07. The van der Waals surface area contributed by atoms with Crippen molar-refractivity contribution in [1.29, 1.82) is 0 Å². The molecule has 1 N–H and O–H groups in total. The van der Waals surface area contributed by atoms with Crippen LogP contribution in [-0.4, -0.2) is 10.8 Å². The summed E-state index contributed by atoms with van der Waals surface area (Å²) in [5.74, 6) is -0.359. The van der Waals surface area contributed by atoms with Gasteiger partial charge in [-0.2, -0.15) is 0 Å². The van der Waals surface area contributed by atoms with Crippen LogP contribution in [0.5, 0.6) is 0 Å². The molecule has 0 unspecified atom stereocenters. The van der Waals surface area contributed by atoms with Crippen LogP contribution in [0.3, 0.4) is 0 Å². The fourth-order valence-electron chi connectivity index (χ4n) is 2.01. The maximum Gasteiger partial charge on any atom is 0.270 e. The van der Waals surface area contributed by atoms with Gasteiger partial charge in [-0.1, -0.05) is 31.5 Å². The number of nitro groups is 1. The number of carbonyl (C=O) groups excluding carboxylic acids is 1. The number of nitrogens with one attached hydrogen (secondary N) is 1. The number of amides is 1. The molecule has 5 heteroatoms. The van der Waals surface area contributed by atoms with Crippen LogP contribution in [0.15, 0.2) is 48.5 Å². The summed E-state index contributed by atoms with van der Waals surface area (Å²) in [5.41, 5.74) is 2.06. The lowest BCUT2D eigenvalue weighted by Crippen LogP contribution is -2.12. The number of rotatable bonds is 5. The summed E-state index contributed by atoms with van der Waals surface area (Å²) in [5, 5.41) is 13.4. The second kappa shape index (κ2) is 6.65. The second-order valence-electron chi connectivity index (χ2n) is 4.71. The molecule has 0 saturated carbocycles. The van der Waals surface area contributed by atoms with E-state index in [2.05, 4.69) is 12.2 Å². The van der Waals surface area contributed by atoms with E-state index < -0.39 is 4.92 Å². The molecule has 0 radical (unpaired) electrons. The van der Waals surface area contributed by atoms with Crippen LogP contribution in [0.4, 0.5) is 11.4 Å². The molecule has 2 rings (SSSR count). The summed E-state index contributed by atoms with van der Waals surface area (Å²) >= 11 is 0. The molecule has 0 aromatic heterocycles. The smallest absolute Gasteiger partial charge is 0.270 e. The fraction of sp³-hybridized carbons (Fsp3) is 0.188. The molecule has 0 heterocycles. The van der Waals surface area contributed by atoms with Gasteiger partial charge in [0, 0.05) is 23.4 Å². The molecule has 0 spiro atoms. The molecule has 5 nitrogen and oxygen atoms in total. The minimum absolute atomic E-state index is 0.0963. The van der Waals surface area contributed by atoms with Crippen LogP contribution in [0.1, 0.15) is 29.3 Å². The summed E-state index contributed by atoms with van der Waals surface area (Å²) in [6.45, 7) is 2.11. The molecule has 0 bridgehead atoms. The molecular formula is C16H16N2O3. The van der Waals surface area contributed by atoms with Gasteiger partial charge < -0.3 is 5.32 Å². The molecule has 0 atom stereocenters. The highest BCUT2D eigenvalue weighted by Crippen LogP contribution is 2.16. The van der Waals surface area contributed by atoms with Crippen LogP contribution in [0.25, 0.3) is 0 Å². The number of benzene rings is 2. The molecule has 2 aromatic carbocycles. The number of hydrogen-bond acceptors (Lipinski definition) is 3. The normalized spacial score (nSPS) is 10.1. The number of nitrogens with zero attached hydrogens (tertiary/aromatic N) is 1. The molecule has 1 amide bonds. The quantitative estimate of drug-likeness (QED) is 0.670. The topological polar surface area (TPSA) is 72.2 Å². The van der Waals surface area contributed by atoms with E-state index >= 15 is 0 Å². The Morgan fingerprint density at radius 1 is 1.19 bits per heavy atom. The zero-order chi connectivity index (χ0) is 15.2. The molecular weight excluding hydrogens is 268 g/mol. The second-order valence-corrected chi connectivity index (χ2v) is 4.71. The third-order valence-electron chi connectivity index (χ3n) is 3.07. The van der Waals surface area contributed by atoms with E-state index in [-0.39, 0.29) is 17.2 Å². The van der Waals surface area contributed by atoms with Crippen LogP contribution in [-0.2, 0) is 6.42 Å². The highest BCUT2D eigenvalue weighted by molar-refractivity contribution is 6.04. The Morgan fingerprint density at radius 3 is 2.52 bits per heavy atom. The largest absolute Gasteiger partial charge is 0.322 e. The zero-order valence-corrected chi connectivity index (χ0v) is 11.7. The van der Waals surface area contributed by atoms with Gasteiger partial charge in [-0.15, -0.1) is 0 Å². The van der Waals surface area contributed by atoms with Crippen molar-refractivity contribution in [3.05, 3.63) is 69.8 Å². The first kappa shape index (κ1) is 14.7. The van der Waals surface area contributed by atoms with Crippen molar-refractivity contribution in [3.63, 3.8) is 0 Å². The van der Waals surface area contributed by atoms with Gasteiger partial charge in [-0.3, -0.25) is 14.9 Å². The van der Waals surface area contributed by atoms with Crippen molar-refractivity contribution in [2.45, 2.75) is 19.8 Å². The fourth-order valence-corrected chi connectivity index (χ4v) is 2.01. The predicted octanol–water partition coefficient (Wildman–Crippen LogP) is 3.80. The lowest BCUT2D eigenvalue weighted by Gasteiger charge is -2.06. The average Bonchev–Trinajstić information content (AvgIpc) is 2.49. The third kappa shape index (κ3) is 3.89. The Balaban J connectivity index is 2.10. The van der Waals surface area contributed by atoms with E-state index in [4.69, 9.17) is 0 Å². The number of aryl methyl sites for hydroxylation is 1. The summed E-state index contributed by atoms with van der Waals surface area (Å²) in [6, 6.07) is 13.3. The standard InChI is InChI=1S/C16H16N2O3/c1-2-4-12-7-9-14(10-8-12)17-16(19)13-5-3-6-15(11-13)18(20)21/h3,5-11H,2,4H2,1H3,(H,17,19). The Labute approximate surface area is 122 Å². The van der Waals surface area contributed by atoms with Crippen molar-refractivity contribution in [2.24, 2.45) is 0 Å². The minimum Gasteiger partial charge on any atom is -0.322 e. The number of carbonyl (C=O) groups is 1. The molecule has 0 aliphatic carbocycles. The number of hydrogen-bond donors (Lipinski definition) is 1. The highest BCUT2D eigenvalue weighted by atomic mass is 16.6. The van der Waals surface area contributed by atoms with Crippen molar-refractivity contribution in [3.8, 4) is 0 Å². The first-order valence-electron chi connectivity index (χ1n) is 6.75. The van der Waals surface area contributed by atoms with Crippen LogP contribution >= 0.6 is 0 Å². The molecule has 21 heavy (non-hydrogen) atoms. The van der Waals surface area contributed by atoms with E-state index in [1.165, 1.54) is 23.8 Å². The molecule has 0 aliphatic rings. The number of nitro benzene ring substituents is 1. The van der Waals surface area contributed by atoms with E-state index in [9.17, 15) is 14.9 Å². The van der Waals surface area contributed by atoms with Gasteiger partial charge in [0.05, 0.1) is 4.92 Å². The van der Waals surface area contributed by atoms with Crippen molar-refractivity contribution >= 4 is 17.3 Å². The summed E-state index contributed by atoms with van der Waals surface area (Å²) in [4.78, 5) is 22.3. The van der Waals surface area contributed by atoms with Gasteiger partial charge in [0.1, 0.15) is 0 Å². The maximum atomic E-state index is 12.1.